The Hall–Kier alpha value is -0.420. The molecule has 3 atom stereocenters. The van der Waals surface area contributed by atoms with Crippen molar-refractivity contribution in [3.05, 3.63) is 17.1 Å². The number of aromatic nitrogens is 2. The van der Waals surface area contributed by atoms with Crippen LogP contribution in [0.3, 0.4) is 0 Å². The van der Waals surface area contributed by atoms with E-state index in [0.29, 0.717) is 10.5 Å². The highest BCUT2D eigenvalue weighted by Gasteiger charge is 2.29. The van der Waals surface area contributed by atoms with Crippen LogP contribution in [-0.4, -0.2) is 33.3 Å². The molecular weight excluding hydrogens is 298 g/mol. The van der Waals surface area contributed by atoms with Gasteiger partial charge < -0.3 is 5.32 Å². The number of fused-ring (bicyclic) bond motifs is 1. The van der Waals surface area contributed by atoms with E-state index in [2.05, 4.69) is 30.9 Å². The molecule has 0 bridgehead atoms. The van der Waals surface area contributed by atoms with Gasteiger partial charge >= 0.3 is 0 Å². The second kappa shape index (κ2) is 6.78. The van der Waals surface area contributed by atoms with Gasteiger partial charge in [-0.25, -0.2) is 9.97 Å². The number of aryl methyl sites for hydroxylation is 1. The molecule has 0 spiro atoms. The van der Waals surface area contributed by atoms with Crippen molar-refractivity contribution in [1.82, 2.24) is 9.97 Å². The van der Waals surface area contributed by atoms with E-state index in [1.807, 2.05) is 18.8 Å². The molecular formula is C16H25N3S2. The summed E-state index contributed by atoms with van der Waals surface area (Å²) >= 11 is 4.11. The Kier molecular flexibility index (Phi) is 4.99. The Morgan fingerprint density at radius 3 is 2.62 bits per heavy atom. The smallest absolute Gasteiger partial charge is 0.144 e. The molecule has 3 rings (SSSR count). The first-order chi connectivity index (χ1) is 10.2. The van der Waals surface area contributed by atoms with Crippen molar-refractivity contribution in [3.63, 3.8) is 0 Å². The zero-order valence-electron chi connectivity index (χ0n) is 13.2. The first-order valence-corrected chi connectivity index (χ1v) is 10.0. The highest BCUT2D eigenvalue weighted by atomic mass is 32.2. The molecule has 2 aliphatic rings. The summed E-state index contributed by atoms with van der Waals surface area (Å²) in [6.07, 6.45) is 6.11. The van der Waals surface area contributed by atoms with E-state index >= 15 is 0 Å². The predicted octanol–water partition coefficient (Wildman–Crippen LogP) is 4.09. The monoisotopic (exact) mass is 323 g/mol. The summed E-state index contributed by atoms with van der Waals surface area (Å²) in [7, 11) is 1.99. The van der Waals surface area contributed by atoms with Gasteiger partial charge in [-0.05, 0) is 25.7 Å². The van der Waals surface area contributed by atoms with E-state index < -0.39 is 0 Å². The molecule has 1 fully saturated rings. The van der Waals surface area contributed by atoms with Crippen molar-refractivity contribution in [2.45, 2.75) is 61.7 Å². The highest BCUT2D eigenvalue weighted by molar-refractivity contribution is 8.07. The third kappa shape index (κ3) is 3.34. The Labute approximate surface area is 136 Å². The second-order valence-electron chi connectivity index (χ2n) is 6.03. The van der Waals surface area contributed by atoms with Gasteiger partial charge in [0.1, 0.15) is 11.6 Å². The summed E-state index contributed by atoms with van der Waals surface area (Å²) in [6, 6.07) is 0. The molecule has 5 heteroatoms. The molecule has 21 heavy (non-hydrogen) atoms. The van der Waals surface area contributed by atoms with Crippen LogP contribution in [0.15, 0.2) is 0 Å². The van der Waals surface area contributed by atoms with Crippen molar-refractivity contribution in [3.8, 4) is 0 Å². The van der Waals surface area contributed by atoms with Gasteiger partial charge in [-0.1, -0.05) is 20.3 Å². The van der Waals surface area contributed by atoms with Crippen molar-refractivity contribution in [2.75, 3.05) is 18.1 Å². The minimum absolute atomic E-state index is 0.446. The van der Waals surface area contributed by atoms with Gasteiger partial charge in [-0.2, -0.15) is 11.8 Å². The van der Waals surface area contributed by atoms with Gasteiger partial charge in [-0.3, -0.25) is 0 Å². The molecule has 1 aromatic rings. The van der Waals surface area contributed by atoms with Crippen LogP contribution < -0.4 is 5.32 Å². The Morgan fingerprint density at radius 2 is 1.86 bits per heavy atom. The number of thioether (sulfide) groups is 2. The molecule has 0 amide bonds. The summed E-state index contributed by atoms with van der Waals surface area (Å²) in [5.41, 5.74) is 2.67. The molecule has 0 aromatic carbocycles. The molecule has 3 unspecified atom stereocenters. The van der Waals surface area contributed by atoms with Crippen LogP contribution in [0.4, 0.5) is 5.82 Å². The van der Waals surface area contributed by atoms with E-state index in [0.717, 1.165) is 35.5 Å². The Morgan fingerprint density at radius 1 is 1.05 bits per heavy atom. The van der Waals surface area contributed by atoms with Crippen LogP contribution in [0.1, 0.15) is 55.4 Å². The fraction of sp³-hybridized carbons (Fsp3) is 0.750. The Bertz CT molecular complexity index is 507. The summed E-state index contributed by atoms with van der Waals surface area (Å²) in [6.45, 7) is 4.66. The third-order valence-electron chi connectivity index (χ3n) is 4.53. The number of nitrogens with one attached hydrogen (secondary N) is 1. The summed E-state index contributed by atoms with van der Waals surface area (Å²) in [5.74, 6) is 3.27. The largest absolute Gasteiger partial charge is 0.373 e. The summed E-state index contributed by atoms with van der Waals surface area (Å²) in [5, 5.41) is 5.17. The first kappa shape index (κ1) is 15.5. The predicted molar refractivity (Wildman–Crippen MR) is 94.6 cm³/mol. The van der Waals surface area contributed by atoms with Crippen LogP contribution in [0.25, 0.3) is 0 Å². The second-order valence-corrected chi connectivity index (χ2v) is 9.03. The molecule has 1 aliphatic carbocycles. The van der Waals surface area contributed by atoms with Crippen LogP contribution in [0, 0.1) is 0 Å². The molecule has 0 saturated carbocycles. The van der Waals surface area contributed by atoms with E-state index in [1.165, 1.54) is 30.5 Å². The molecule has 1 aromatic heterocycles. The lowest BCUT2D eigenvalue weighted by Crippen LogP contribution is -2.23. The highest BCUT2D eigenvalue weighted by Crippen LogP contribution is 2.43. The number of rotatable bonds is 2. The maximum absolute atomic E-state index is 4.98. The van der Waals surface area contributed by atoms with Crippen LogP contribution >= 0.6 is 23.5 Å². The quantitative estimate of drug-likeness (QED) is 0.830. The van der Waals surface area contributed by atoms with E-state index in [-0.39, 0.29) is 0 Å². The zero-order valence-corrected chi connectivity index (χ0v) is 14.8. The Balaban J connectivity index is 1.91. The zero-order chi connectivity index (χ0) is 14.8. The van der Waals surface area contributed by atoms with Crippen molar-refractivity contribution < 1.29 is 0 Å². The van der Waals surface area contributed by atoms with Crippen LogP contribution in [0.2, 0.25) is 0 Å². The van der Waals surface area contributed by atoms with E-state index in [1.54, 1.807) is 0 Å². The van der Waals surface area contributed by atoms with Gasteiger partial charge in [0, 0.05) is 34.6 Å². The lowest BCUT2D eigenvalue weighted by atomic mass is 10.1. The van der Waals surface area contributed by atoms with Gasteiger partial charge in [0.2, 0.25) is 0 Å². The fourth-order valence-corrected chi connectivity index (χ4v) is 5.90. The van der Waals surface area contributed by atoms with Crippen molar-refractivity contribution in [1.29, 1.82) is 0 Å². The third-order valence-corrected chi connectivity index (χ3v) is 7.91. The average molecular weight is 324 g/mol. The molecule has 1 saturated heterocycles. The summed E-state index contributed by atoms with van der Waals surface area (Å²) < 4.78 is 0. The number of anilines is 1. The number of hydrogen-bond acceptors (Lipinski definition) is 5. The SMILES string of the molecule is CNc1nc(C2CSC(C)C(C)S2)nc2c1CCCCC2. The minimum Gasteiger partial charge on any atom is -0.373 e. The molecule has 2 heterocycles. The molecule has 116 valence electrons. The maximum atomic E-state index is 4.98. The minimum atomic E-state index is 0.446. The number of hydrogen-bond donors (Lipinski definition) is 1. The fourth-order valence-electron chi connectivity index (χ4n) is 3.06. The molecule has 0 radical (unpaired) electrons. The lowest BCUT2D eigenvalue weighted by Gasteiger charge is -2.30. The molecule has 3 nitrogen and oxygen atoms in total. The van der Waals surface area contributed by atoms with Crippen molar-refractivity contribution >= 4 is 29.3 Å². The standard InChI is InChI=1S/C16H25N3S2/c1-10-11(2)21-14(9-20-10)16-18-13-8-6-4-5-7-12(13)15(17-3)19-16/h10-11,14H,4-9H2,1-3H3,(H,17,18,19). The van der Waals surface area contributed by atoms with Gasteiger partial charge in [0.15, 0.2) is 0 Å². The normalized spacial score (nSPS) is 29.6. The first-order valence-electron chi connectivity index (χ1n) is 8.03. The topological polar surface area (TPSA) is 37.8 Å². The van der Waals surface area contributed by atoms with Crippen molar-refractivity contribution in [2.24, 2.45) is 0 Å². The molecule has 1 N–H and O–H groups in total. The van der Waals surface area contributed by atoms with Gasteiger partial charge in [0.05, 0.1) is 5.25 Å². The van der Waals surface area contributed by atoms with Crippen LogP contribution in [0.5, 0.6) is 0 Å². The van der Waals surface area contributed by atoms with Gasteiger partial charge in [-0.15, -0.1) is 11.8 Å². The van der Waals surface area contributed by atoms with Gasteiger partial charge in [0.25, 0.3) is 0 Å². The average Bonchev–Trinajstić information content (AvgIpc) is 2.74. The maximum Gasteiger partial charge on any atom is 0.144 e. The van der Waals surface area contributed by atoms with Crippen LogP contribution in [-0.2, 0) is 12.8 Å². The lowest BCUT2D eigenvalue weighted by molar-refractivity contribution is 0.708. The van der Waals surface area contributed by atoms with E-state index in [9.17, 15) is 0 Å². The number of nitrogens with zero attached hydrogens (tertiary/aromatic N) is 2. The summed E-state index contributed by atoms with van der Waals surface area (Å²) in [4.78, 5) is 9.85. The van der Waals surface area contributed by atoms with E-state index in [4.69, 9.17) is 9.97 Å². The molecule has 1 aliphatic heterocycles.